The highest BCUT2D eigenvalue weighted by atomic mass is 15.1. The summed E-state index contributed by atoms with van der Waals surface area (Å²) < 4.78 is 0. The monoisotopic (exact) mass is 263 g/mol. The van der Waals surface area contributed by atoms with Crippen molar-refractivity contribution in [3.63, 3.8) is 0 Å². The van der Waals surface area contributed by atoms with E-state index in [4.69, 9.17) is 0 Å². The van der Waals surface area contributed by atoms with E-state index >= 15 is 0 Å². The molecule has 106 valence electrons. The summed E-state index contributed by atoms with van der Waals surface area (Å²) >= 11 is 0. The van der Waals surface area contributed by atoms with Crippen LogP contribution in [-0.4, -0.2) is 35.1 Å². The molecule has 3 N–H and O–H groups in total. The van der Waals surface area contributed by atoms with Crippen LogP contribution in [0.4, 0.5) is 11.6 Å². The number of hydrogen-bond donors (Lipinski definition) is 3. The van der Waals surface area contributed by atoms with Crippen molar-refractivity contribution in [3.8, 4) is 0 Å². The van der Waals surface area contributed by atoms with Crippen LogP contribution < -0.4 is 16.0 Å². The average Bonchev–Trinajstić information content (AvgIpc) is 2.31. The van der Waals surface area contributed by atoms with E-state index in [1.807, 2.05) is 20.0 Å². The van der Waals surface area contributed by atoms with Crippen molar-refractivity contribution < 1.29 is 0 Å². The summed E-state index contributed by atoms with van der Waals surface area (Å²) in [7, 11) is 1.97. The number of hydrogen-bond acceptors (Lipinski definition) is 5. The fourth-order valence-corrected chi connectivity index (χ4v) is 1.89. The van der Waals surface area contributed by atoms with Gasteiger partial charge in [0.15, 0.2) is 0 Å². The third kappa shape index (κ3) is 4.06. The zero-order valence-electron chi connectivity index (χ0n) is 12.4. The predicted octanol–water partition coefficient (Wildman–Crippen LogP) is 2.16. The van der Waals surface area contributed by atoms with E-state index in [2.05, 4.69) is 39.8 Å². The number of aromatic nitrogens is 2. The van der Waals surface area contributed by atoms with Crippen LogP contribution in [0, 0.1) is 6.92 Å². The van der Waals surface area contributed by atoms with Gasteiger partial charge in [-0.05, 0) is 47.1 Å². The molecule has 0 saturated heterocycles. The highest BCUT2D eigenvalue weighted by Crippen LogP contribution is 2.23. The van der Waals surface area contributed by atoms with Crippen LogP contribution in [0.15, 0.2) is 6.07 Å². The molecule has 5 nitrogen and oxygen atoms in total. The quantitative estimate of drug-likeness (QED) is 0.734. The van der Waals surface area contributed by atoms with Gasteiger partial charge in [0, 0.05) is 24.2 Å². The lowest BCUT2D eigenvalue weighted by Crippen LogP contribution is -2.42. The van der Waals surface area contributed by atoms with Gasteiger partial charge in [0.1, 0.15) is 17.5 Å². The summed E-state index contributed by atoms with van der Waals surface area (Å²) in [4.78, 5) is 8.87. The molecule has 0 radical (unpaired) electrons. The summed E-state index contributed by atoms with van der Waals surface area (Å²) in [6.45, 7) is 7.06. The van der Waals surface area contributed by atoms with E-state index in [1.165, 1.54) is 19.3 Å². The fourth-order valence-electron chi connectivity index (χ4n) is 1.89. The lowest BCUT2D eigenvalue weighted by molar-refractivity contribution is 0.444. The maximum Gasteiger partial charge on any atom is 0.132 e. The van der Waals surface area contributed by atoms with Crippen molar-refractivity contribution in [1.82, 2.24) is 15.3 Å². The SMILES string of the molecule is CNC(C)(C)CNc1cc(NC2CCC2)nc(C)n1. The Kier molecular flexibility index (Phi) is 4.24. The highest BCUT2D eigenvalue weighted by molar-refractivity contribution is 5.48. The normalized spacial score (nSPS) is 16.0. The molecule has 2 rings (SSSR count). The minimum Gasteiger partial charge on any atom is -0.368 e. The molecule has 1 fully saturated rings. The van der Waals surface area contributed by atoms with Gasteiger partial charge in [0.2, 0.25) is 0 Å². The van der Waals surface area contributed by atoms with Gasteiger partial charge in [-0.2, -0.15) is 0 Å². The number of nitrogens with one attached hydrogen (secondary N) is 3. The lowest BCUT2D eigenvalue weighted by Gasteiger charge is -2.27. The topological polar surface area (TPSA) is 61.9 Å². The minimum atomic E-state index is 0.0421. The van der Waals surface area contributed by atoms with Crippen molar-refractivity contribution >= 4 is 11.6 Å². The third-order valence-corrected chi connectivity index (χ3v) is 3.68. The Hall–Kier alpha value is -1.36. The van der Waals surface area contributed by atoms with Crippen LogP contribution in [0.2, 0.25) is 0 Å². The van der Waals surface area contributed by atoms with Crippen LogP contribution in [0.1, 0.15) is 38.9 Å². The standard InChI is InChI=1S/C14H25N5/c1-10-17-12(16-9-14(2,3)15-4)8-13(18-10)19-11-6-5-7-11/h8,11,15H,5-7,9H2,1-4H3,(H2,16,17,18,19). The Morgan fingerprint density at radius 2 is 1.95 bits per heavy atom. The molecular formula is C14H25N5. The molecular weight excluding hydrogens is 238 g/mol. The summed E-state index contributed by atoms with van der Waals surface area (Å²) in [5.74, 6) is 2.62. The van der Waals surface area contributed by atoms with E-state index in [0.29, 0.717) is 6.04 Å². The summed E-state index contributed by atoms with van der Waals surface area (Å²) in [5.41, 5.74) is 0.0421. The average molecular weight is 263 g/mol. The van der Waals surface area contributed by atoms with E-state index in [0.717, 1.165) is 24.0 Å². The van der Waals surface area contributed by atoms with Gasteiger partial charge in [-0.3, -0.25) is 0 Å². The maximum absolute atomic E-state index is 4.44. The maximum atomic E-state index is 4.44. The fraction of sp³-hybridized carbons (Fsp3) is 0.714. The Morgan fingerprint density at radius 3 is 2.53 bits per heavy atom. The Balaban J connectivity index is 1.99. The Bertz CT molecular complexity index is 426. The van der Waals surface area contributed by atoms with E-state index < -0.39 is 0 Å². The molecule has 0 atom stereocenters. The van der Waals surface area contributed by atoms with Gasteiger partial charge in [-0.15, -0.1) is 0 Å². The molecule has 0 amide bonds. The summed E-state index contributed by atoms with van der Waals surface area (Å²) in [6, 6.07) is 2.59. The molecule has 0 aromatic carbocycles. The van der Waals surface area contributed by atoms with Crippen LogP contribution in [0.25, 0.3) is 0 Å². The largest absolute Gasteiger partial charge is 0.368 e. The molecule has 1 saturated carbocycles. The van der Waals surface area contributed by atoms with Crippen molar-refractivity contribution in [1.29, 1.82) is 0 Å². The van der Waals surface area contributed by atoms with Crippen molar-refractivity contribution in [3.05, 3.63) is 11.9 Å². The van der Waals surface area contributed by atoms with Gasteiger partial charge in [0.05, 0.1) is 0 Å². The second-order valence-electron chi connectivity index (χ2n) is 5.95. The molecule has 1 aliphatic carbocycles. The zero-order valence-corrected chi connectivity index (χ0v) is 12.4. The van der Waals surface area contributed by atoms with E-state index in [1.54, 1.807) is 0 Å². The van der Waals surface area contributed by atoms with Crippen molar-refractivity contribution in [2.45, 2.75) is 51.6 Å². The summed E-state index contributed by atoms with van der Waals surface area (Å²) in [5, 5.41) is 10.1. The predicted molar refractivity (Wildman–Crippen MR) is 79.7 cm³/mol. The first-order chi connectivity index (χ1) is 8.98. The smallest absolute Gasteiger partial charge is 0.132 e. The molecule has 0 aliphatic heterocycles. The van der Waals surface area contributed by atoms with Crippen molar-refractivity contribution in [2.24, 2.45) is 0 Å². The van der Waals surface area contributed by atoms with Crippen molar-refractivity contribution in [2.75, 3.05) is 24.2 Å². The van der Waals surface area contributed by atoms with Gasteiger partial charge < -0.3 is 16.0 Å². The zero-order chi connectivity index (χ0) is 13.9. The summed E-state index contributed by atoms with van der Waals surface area (Å²) in [6.07, 6.45) is 3.82. The first-order valence-corrected chi connectivity index (χ1v) is 7.03. The van der Waals surface area contributed by atoms with Gasteiger partial charge in [0.25, 0.3) is 0 Å². The molecule has 0 bridgehead atoms. The molecule has 0 unspecified atom stereocenters. The Labute approximate surface area is 115 Å². The highest BCUT2D eigenvalue weighted by Gasteiger charge is 2.18. The second kappa shape index (κ2) is 5.74. The molecule has 1 aliphatic rings. The van der Waals surface area contributed by atoms with Gasteiger partial charge in [-0.1, -0.05) is 0 Å². The first kappa shape index (κ1) is 14.1. The minimum absolute atomic E-state index is 0.0421. The third-order valence-electron chi connectivity index (χ3n) is 3.68. The Morgan fingerprint density at radius 1 is 1.26 bits per heavy atom. The number of likely N-dealkylation sites (N-methyl/N-ethyl adjacent to an activating group) is 1. The number of anilines is 2. The number of rotatable bonds is 6. The number of nitrogens with zero attached hydrogens (tertiary/aromatic N) is 2. The molecule has 5 heteroatoms. The number of aryl methyl sites for hydroxylation is 1. The van der Waals surface area contributed by atoms with Crippen LogP contribution in [-0.2, 0) is 0 Å². The van der Waals surface area contributed by atoms with Gasteiger partial charge in [-0.25, -0.2) is 9.97 Å². The molecule has 1 aromatic rings. The van der Waals surface area contributed by atoms with Crippen LogP contribution in [0.5, 0.6) is 0 Å². The van der Waals surface area contributed by atoms with E-state index in [-0.39, 0.29) is 5.54 Å². The second-order valence-corrected chi connectivity index (χ2v) is 5.95. The van der Waals surface area contributed by atoms with E-state index in [9.17, 15) is 0 Å². The van der Waals surface area contributed by atoms with Gasteiger partial charge >= 0.3 is 0 Å². The van der Waals surface area contributed by atoms with Crippen LogP contribution in [0.3, 0.4) is 0 Å². The molecule has 1 heterocycles. The molecule has 1 aromatic heterocycles. The molecule has 19 heavy (non-hydrogen) atoms. The van der Waals surface area contributed by atoms with Crippen LogP contribution >= 0.6 is 0 Å². The first-order valence-electron chi connectivity index (χ1n) is 7.03. The lowest BCUT2D eigenvalue weighted by atomic mass is 9.93. The molecule has 0 spiro atoms.